The van der Waals surface area contributed by atoms with Crippen molar-refractivity contribution in [2.75, 3.05) is 13.7 Å². The summed E-state index contributed by atoms with van der Waals surface area (Å²) in [5.41, 5.74) is 5.95. The van der Waals surface area contributed by atoms with Crippen LogP contribution in [0.3, 0.4) is 0 Å². The molecule has 0 saturated heterocycles. The Hall–Kier alpha value is -1.55. The summed E-state index contributed by atoms with van der Waals surface area (Å²) in [7, 11) is 1.54. The van der Waals surface area contributed by atoms with E-state index in [-0.39, 0.29) is 11.9 Å². The predicted octanol–water partition coefficient (Wildman–Crippen LogP) is 0.772. The number of nitrogens with one attached hydrogen (secondary N) is 1. The fraction of sp³-hybridized carbons (Fsp3) is 0.364. The minimum absolute atomic E-state index is 0.0394. The standard InChI is InChI=1S/C11H16N2O2/c1-8(7-12)13-11(14)9-5-3-4-6-10(9)15-2/h3-6,8H,7,12H2,1-2H3,(H,13,14). The highest BCUT2D eigenvalue weighted by Crippen LogP contribution is 2.16. The third-order valence-corrected chi connectivity index (χ3v) is 2.08. The van der Waals surface area contributed by atoms with Crippen molar-refractivity contribution in [2.24, 2.45) is 5.73 Å². The van der Waals surface area contributed by atoms with Crippen molar-refractivity contribution in [1.82, 2.24) is 5.32 Å². The molecule has 0 aromatic heterocycles. The summed E-state index contributed by atoms with van der Waals surface area (Å²) in [5.74, 6) is 0.407. The van der Waals surface area contributed by atoms with E-state index in [1.807, 2.05) is 13.0 Å². The van der Waals surface area contributed by atoms with Crippen LogP contribution in [0.1, 0.15) is 17.3 Å². The van der Waals surface area contributed by atoms with Crippen LogP contribution in [0.5, 0.6) is 5.75 Å². The minimum atomic E-state index is -0.162. The van der Waals surface area contributed by atoms with Crippen LogP contribution in [0.15, 0.2) is 24.3 Å². The molecular formula is C11H16N2O2. The lowest BCUT2D eigenvalue weighted by Gasteiger charge is -2.13. The molecule has 15 heavy (non-hydrogen) atoms. The first-order valence-corrected chi connectivity index (χ1v) is 4.83. The van der Waals surface area contributed by atoms with E-state index >= 15 is 0 Å². The Morgan fingerprint density at radius 3 is 2.80 bits per heavy atom. The van der Waals surface area contributed by atoms with Gasteiger partial charge in [-0.2, -0.15) is 0 Å². The van der Waals surface area contributed by atoms with E-state index in [2.05, 4.69) is 5.32 Å². The molecule has 0 aliphatic rings. The second-order valence-electron chi connectivity index (χ2n) is 3.31. The number of ether oxygens (including phenoxy) is 1. The van der Waals surface area contributed by atoms with Gasteiger partial charge < -0.3 is 15.8 Å². The molecule has 1 atom stereocenters. The van der Waals surface area contributed by atoms with Crippen LogP contribution in [-0.2, 0) is 0 Å². The lowest BCUT2D eigenvalue weighted by Crippen LogP contribution is -2.37. The third kappa shape index (κ3) is 2.95. The van der Waals surface area contributed by atoms with Gasteiger partial charge in [0.05, 0.1) is 12.7 Å². The monoisotopic (exact) mass is 208 g/mol. The van der Waals surface area contributed by atoms with Crippen LogP contribution in [0.25, 0.3) is 0 Å². The molecule has 0 fully saturated rings. The van der Waals surface area contributed by atoms with E-state index in [1.54, 1.807) is 25.3 Å². The van der Waals surface area contributed by atoms with Gasteiger partial charge in [0.1, 0.15) is 5.75 Å². The molecule has 4 nitrogen and oxygen atoms in total. The Balaban J connectivity index is 2.81. The molecule has 0 heterocycles. The molecule has 0 spiro atoms. The second kappa shape index (κ2) is 5.36. The number of methoxy groups -OCH3 is 1. The summed E-state index contributed by atoms with van der Waals surface area (Å²) in [6, 6.07) is 7.05. The Kier molecular flexibility index (Phi) is 4.12. The molecule has 1 rings (SSSR count). The normalized spacial score (nSPS) is 11.9. The number of nitrogens with two attached hydrogens (primary N) is 1. The number of carbonyl (C=O) groups excluding carboxylic acids is 1. The van der Waals surface area contributed by atoms with Crippen molar-refractivity contribution >= 4 is 5.91 Å². The highest BCUT2D eigenvalue weighted by molar-refractivity contribution is 5.97. The maximum absolute atomic E-state index is 11.7. The quantitative estimate of drug-likeness (QED) is 0.768. The fourth-order valence-electron chi connectivity index (χ4n) is 1.19. The molecular weight excluding hydrogens is 192 g/mol. The number of carbonyl (C=O) groups is 1. The third-order valence-electron chi connectivity index (χ3n) is 2.08. The van der Waals surface area contributed by atoms with Crippen LogP contribution in [0, 0.1) is 0 Å². The molecule has 0 aliphatic carbocycles. The second-order valence-corrected chi connectivity index (χ2v) is 3.31. The fourth-order valence-corrected chi connectivity index (χ4v) is 1.19. The summed E-state index contributed by atoms with van der Waals surface area (Å²) in [6.45, 7) is 2.27. The zero-order valence-corrected chi connectivity index (χ0v) is 8.99. The number of amides is 1. The lowest BCUT2D eigenvalue weighted by molar-refractivity contribution is 0.0938. The molecule has 3 N–H and O–H groups in total. The predicted molar refractivity (Wildman–Crippen MR) is 59.0 cm³/mol. The van der Waals surface area contributed by atoms with Crippen LogP contribution in [0.2, 0.25) is 0 Å². The summed E-state index contributed by atoms with van der Waals surface area (Å²) >= 11 is 0. The number of rotatable bonds is 4. The Morgan fingerprint density at radius 2 is 2.20 bits per heavy atom. The van der Waals surface area contributed by atoms with Crippen molar-refractivity contribution < 1.29 is 9.53 Å². The van der Waals surface area contributed by atoms with E-state index in [4.69, 9.17) is 10.5 Å². The van der Waals surface area contributed by atoms with Gasteiger partial charge in [-0.3, -0.25) is 4.79 Å². The van der Waals surface area contributed by atoms with Crippen molar-refractivity contribution in [1.29, 1.82) is 0 Å². The Labute approximate surface area is 89.4 Å². The van der Waals surface area contributed by atoms with Gasteiger partial charge in [-0.05, 0) is 19.1 Å². The van der Waals surface area contributed by atoms with Gasteiger partial charge in [0.25, 0.3) is 5.91 Å². The number of hydrogen-bond acceptors (Lipinski definition) is 3. The lowest BCUT2D eigenvalue weighted by atomic mass is 10.2. The topological polar surface area (TPSA) is 64.3 Å². The van der Waals surface area contributed by atoms with Crippen LogP contribution in [0.4, 0.5) is 0 Å². The van der Waals surface area contributed by atoms with E-state index in [0.29, 0.717) is 17.9 Å². The molecule has 1 unspecified atom stereocenters. The van der Waals surface area contributed by atoms with Gasteiger partial charge in [0.15, 0.2) is 0 Å². The first-order chi connectivity index (χ1) is 7.19. The first kappa shape index (κ1) is 11.5. The van der Waals surface area contributed by atoms with Crippen molar-refractivity contribution in [3.8, 4) is 5.75 Å². The van der Waals surface area contributed by atoms with E-state index in [9.17, 15) is 4.79 Å². The van der Waals surface area contributed by atoms with E-state index < -0.39 is 0 Å². The van der Waals surface area contributed by atoms with Gasteiger partial charge in [0, 0.05) is 12.6 Å². The molecule has 1 aromatic carbocycles. The Morgan fingerprint density at radius 1 is 1.53 bits per heavy atom. The smallest absolute Gasteiger partial charge is 0.255 e. The van der Waals surface area contributed by atoms with Crippen LogP contribution >= 0.6 is 0 Å². The zero-order chi connectivity index (χ0) is 11.3. The average molecular weight is 208 g/mol. The first-order valence-electron chi connectivity index (χ1n) is 4.83. The Bertz CT molecular complexity index is 339. The van der Waals surface area contributed by atoms with E-state index in [1.165, 1.54) is 0 Å². The molecule has 0 saturated carbocycles. The largest absolute Gasteiger partial charge is 0.496 e. The van der Waals surface area contributed by atoms with Gasteiger partial charge in [-0.1, -0.05) is 12.1 Å². The SMILES string of the molecule is COc1ccccc1C(=O)NC(C)CN. The van der Waals surface area contributed by atoms with E-state index in [0.717, 1.165) is 0 Å². The van der Waals surface area contributed by atoms with Crippen molar-refractivity contribution in [3.63, 3.8) is 0 Å². The summed E-state index contributed by atoms with van der Waals surface area (Å²) in [5, 5.41) is 2.78. The average Bonchev–Trinajstić information content (AvgIpc) is 2.28. The molecule has 1 amide bonds. The summed E-state index contributed by atoms with van der Waals surface area (Å²) in [4.78, 5) is 11.7. The van der Waals surface area contributed by atoms with Gasteiger partial charge in [0.2, 0.25) is 0 Å². The summed E-state index contributed by atoms with van der Waals surface area (Å²) in [6.07, 6.45) is 0. The molecule has 0 bridgehead atoms. The molecule has 4 heteroatoms. The number of hydrogen-bond donors (Lipinski definition) is 2. The summed E-state index contributed by atoms with van der Waals surface area (Å²) < 4.78 is 5.09. The minimum Gasteiger partial charge on any atom is -0.496 e. The maximum atomic E-state index is 11.7. The van der Waals surface area contributed by atoms with Gasteiger partial charge >= 0.3 is 0 Å². The van der Waals surface area contributed by atoms with Crippen molar-refractivity contribution in [2.45, 2.75) is 13.0 Å². The van der Waals surface area contributed by atoms with Gasteiger partial charge in [-0.25, -0.2) is 0 Å². The highest BCUT2D eigenvalue weighted by atomic mass is 16.5. The number of benzene rings is 1. The maximum Gasteiger partial charge on any atom is 0.255 e. The zero-order valence-electron chi connectivity index (χ0n) is 8.99. The highest BCUT2D eigenvalue weighted by Gasteiger charge is 2.12. The molecule has 82 valence electrons. The van der Waals surface area contributed by atoms with Crippen LogP contribution < -0.4 is 15.8 Å². The van der Waals surface area contributed by atoms with Gasteiger partial charge in [-0.15, -0.1) is 0 Å². The molecule has 0 radical (unpaired) electrons. The molecule has 0 aliphatic heterocycles. The number of para-hydroxylation sites is 1. The van der Waals surface area contributed by atoms with Crippen LogP contribution in [-0.4, -0.2) is 25.6 Å². The molecule has 1 aromatic rings. The van der Waals surface area contributed by atoms with Crippen molar-refractivity contribution in [3.05, 3.63) is 29.8 Å².